The van der Waals surface area contributed by atoms with Gasteiger partial charge >= 0.3 is 6.09 Å². The first-order chi connectivity index (χ1) is 11.3. The second kappa shape index (κ2) is 6.30. The van der Waals surface area contributed by atoms with E-state index in [2.05, 4.69) is 20.5 Å². The van der Waals surface area contributed by atoms with Gasteiger partial charge in [-0.2, -0.15) is 5.10 Å². The van der Waals surface area contributed by atoms with Gasteiger partial charge in [-0.15, -0.1) is 0 Å². The molecule has 1 fully saturated rings. The first-order valence-electron chi connectivity index (χ1n) is 8.37. The summed E-state index contributed by atoms with van der Waals surface area (Å²) in [6.45, 7) is 8.99. The Balaban J connectivity index is 1.66. The SMILES string of the molecule is Cc1n[nH]c2ncc(NC3CCCN(C(=O)OC(C)(C)C)C3)cc12. The zero-order chi connectivity index (χ0) is 17.3. The van der Waals surface area contributed by atoms with Crippen LogP contribution in [0.2, 0.25) is 0 Å². The van der Waals surface area contributed by atoms with Crippen LogP contribution in [0.25, 0.3) is 11.0 Å². The molecule has 0 saturated carbocycles. The lowest BCUT2D eigenvalue weighted by Crippen LogP contribution is -2.46. The van der Waals surface area contributed by atoms with Crippen LogP contribution in [0.4, 0.5) is 10.5 Å². The number of rotatable bonds is 2. The van der Waals surface area contributed by atoms with Crippen molar-refractivity contribution < 1.29 is 9.53 Å². The van der Waals surface area contributed by atoms with E-state index in [0.717, 1.165) is 41.8 Å². The van der Waals surface area contributed by atoms with E-state index in [0.29, 0.717) is 6.54 Å². The highest BCUT2D eigenvalue weighted by Gasteiger charge is 2.27. The maximum atomic E-state index is 12.2. The molecule has 1 unspecified atom stereocenters. The molecule has 0 spiro atoms. The average Bonchev–Trinajstić information content (AvgIpc) is 2.87. The van der Waals surface area contributed by atoms with Crippen molar-refractivity contribution in [2.45, 2.75) is 52.2 Å². The molecule has 1 atom stereocenters. The number of aromatic amines is 1. The molecule has 1 saturated heterocycles. The van der Waals surface area contributed by atoms with Gasteiger partial charge in [0.25, 0.3) is 0 Å². The summed E-state index contributed by atoms with van der Waals surface area (Å²) in [6, 6.07) is 2.24. The van der Waals surface area contributed by atoms with Crippen LogP contribution in [0.1, 0.15) is 39.3 Å². The van der Waals surface area contributed by atoms with Crippen LogP contribution >= 0.6 is 0 Å². The molecular weight excluding hydrogens is 306 g/mol. The van der Waals surface area contributed by atoms with E-state index < -0.39 is 5.60 Å². The Labute approximate surface area is 141 Å². The van der Waals surface area contributed by atoms with Gasteiger partial charge in [-0.3, -0.25) is 5.10 Å². The Morgan fingerprint density at radius 2 is 2.25 bits per heavy atom. The van der Waals surface area contributed by atoms with Crippen molar-refractivity contribution in [2.24, 2.45) is 0 Å². The number of hydrogen-bond acceptors (Lipinski definition) is 5. The number of aryl methyl sites for hydroxylation is 1. The Morgan fingerprint density at radius 1 is 1.46 bits per heavy atom. The van der Waals surface area contributed by atoms with Gasteiger partial charge in [0.2, 0.25) is 0 Å². The molecule has 2 aromatic heterocycles. The smallest absolute Gasteiger partial charge is 0.410 e. The quantitative estimate of drug-likeness (QED) is 0.883. The summed E-state index contributed by atoms with van der Waals surface area (Å²) in [5, 5.41) is 11.6. The third-order valence-electron chi connectivity index (χ3n) is 4.05. The van der Waals surface area contributed by atoms with E-state index in [4.69, 9.17) is 4.74 Å². The van der Waals surface area contributed by atoms with Gasteiger partial charge in [-0.1, -0.05) is 0 Å². The molecule has 2 aromatic rings. The molecule has 2 N–H and O–H groups in total. The summed E-state index contributed by atoms with van der Waals surface area (Å²) in [7, 11) is 0. The number of anilines is 1. The number of ether oxygens (including phenoxy) is 1. The standard InChI is InChI=1S/C17H25N5O2/c1-11-14-8-13(9-18-15(14)21-20-11)19-12-6-5-7-22(10-12)16(23)24-17(2,3)4/h8-9,12,19H,5-7,10H2,1-4H3,(H,18,20,21). The number of nitrogens with one attached hydrogen (secondary N) is 2. The summed E-state index contributed by atoms with van der Waals surface area (Å²) in [4.78, 5) is 18.4. The van der Waals surface area contributed by atoms with E-state index in [1.807, 2.05) is 33.8 Å². The van der Waals surface area contributed by atoms with Gasteiger partial charge in [0.05, 0.1) is 17.6 Å². The van der Waals surface area contributed by atoms with Crippen LogP contribution in [-0.2, 0) is 4.74 Å². The summed E-state index contributed by atoms with van der Waals surface area (Å²) in [5.41, 5.74) is 2.20. The number of nitrogens with zero attached hydrogens (tertiary/aromatic N) is 3. The van der Waals surface area contributed by atoms with E-state index in [-0.39, 0.29) is 12.1 Å². The lowest BCUT2D eigenvalue weighted by molar-refractivity contribution is 0.0206. The predicted molar refractivity (Wildman–Crippen MR) is 93.1 cm³/mol. The number of carbonyl (C=O) groups excluding carboxylic acids is 1. The number of fused-ring (bicyclic) bond motifs is 1. The van der Waals surface area contributed by atoms with E-state index in [9.17, 15) is 4.79 Å². The lowest BCUT2D eigenvalue weighted by Gasteiger charge is -2.34. The van der Waals surface area contributed by atoms with Crippen molar-refractivity contribution in [1.82, 2.24) is 20.1 Å². The maximum absolute atomic E-state index is 12.2. The molecule has 1 aliphatic heterocycles. The Hall–Kier alpha value is -2.31. The first-order valence-corrected chi connectivity index (χ1v) is 8.37. The number of aromatic nitrogens is 3. The fourth-order valence-electron chi connectivity index (χ4n) is 2.93. The number of carbonyl (C=O) groups is 1. The topological polar surface area (TPSA) is 83.1 Å². The molecule has 0 aromatic carbocycles. The van der Waals surface area contributed by atoms with Crippen molar-refractivity contribution in [3.63, 3.8) is 0 Å². The van der Waals surface area contributed by atoms with Gasteiger partial charge in [-0.25, -0.2) is 9.78 Å². The molecular formula is C17H25N5O2. The molecule has 0 radical (unpaired) electrons. The van der Waals surface area contributed by atoms with Gasteiger partial charge in [0.15, 0.2) is 5.65 Å². The first kappa shape index (κ1) is 16.5. The molecule has 0 bridgehead atoms. The number of piperidine rings is 1. The van der Waals surface area contributed by atoms with Crippen molar-refractivity contribution in [1.29, 1.82) is 0 Å². The molecule has 0 aliphatic carbocycles. The third kappa shape index (κ3) is 3.77. The lowest BCUT2D eigenvalue weighted by atomic mass is 10.1. The maximum Gasteiger partial charge on any atom is 0.410 e. The number of amides is 1. The fourth-order valence-corrected chi connectivity index (χ4v) is 2.93. The number of pyridine rings is 1. The zero-order valence-corrected chi connectivity index (χ0v) is 14.7. The minimum absolute atomic E-state index is 0.192. The molecule has 3 heterocycles. The highest BCUT2D eigenvalue weighted by atomic mass is 16.6. The second-order valence-electron chi connectivity index (χ2n) is 7.34. The normalized spacial score (nSPS) is 18.7. The van der Waals surface area contributed by atoms with Crippen LogP contribution in [0, 0.1) is 6.92 Å². The van der Waals surface area contributed by atoms with Gasteiger partial charge in [-0.05, 0) is 46.6 Å². The average molecular weight is 331 g/mol. The fraction of sp³-hybridized carbons (Fsp3) is 0.588. The molecule has 1 amide bonds. The molecule has 24 heavy (non-hydrogen) atoms. The monoisotopic (exact) mass is 331 g/mol. The minimum atomic E-state index is -0.467. The number of likely N-dealkylation sites (tertiary alicyclic amines) is 1. The number of H-pyrrole nitrogens is 1. The van der Waals surface area contributed by atoms with Gasteiger partial charge in [0, 0.05) is 24.5 Å². The van der Waals surface area contributed by atoms with Crippen LogP contribution in [-0.4, -0.2) is 50.9 Å². The third-order valence-corrected chi connectivity index (χ3v) is 4.05. The van der Waals surface area contributed by atoms with Crippen molar-refractivity contribution in [3.8, 4) is 0 Å². The van der Waals surface area contributed by atoms with E-state index in [1.165, 1.54) is 0 Å². The second-order valence-corrected chi connectivity index (χ2v) is 7.34. The Morgan fingerprint density at radius 3 is 3.00 bits per heavy atom. The Kier molecular flexibility index (Phi) is 4.34. The summed E-state index contributed by atoms with van der Waals surface area (Å²) in [6.07, 6.45) is 3.53. The van der Waals surface area contributed by atoms with Crippen LogP contribution in [0.15, 0.2) is 12.3 Å². The minimum Gasteiger partial charge on any atom is -0.444 e. The highest BCUT2D eigenvalue weighted by molar-refractivity contribution is 5.80. The summed E-state index contributed by atoms with van der Waals surface area (Å²) < 4.78 is 5.47. The van der Waals surface area contributed by atoms with E-state index in [1.54, 1.807) is 11.1 Å². The number of hydrogen-bond donors (Lipinski definition) is 2. The van der Waals surface area contributed by atoms with E-state index >= 15 is 0 Å². The molecule has 7 nitrogen and oxygen atoms in total. The largest absolute Gasteiger partial charge is 0.444 e. The molecule has 1 aliphatic rings. The Bertz CT molecular complexity index is 734. The van der Waals surface area contributed by atoms with Crippen molar-refractivity contribution in [2.75, 3.05) is 18.4 Å². The molecule has 7 heteroatoms. The predicted octanol–water partition coefficient (Wildman–Crippen LogP) is 3.08. The molecule has 3 rings (SSSR count). The summed E-state index contributed by atoms with van der Waals surface area (Å²) in [5.74, 6) is 0. The van der Waals surface area contributed by atoms with Crippen molar-refractivity contribution >= 4 is 22.8 Å². The van der Waals surface area contributed by atoms with Gasteiger partial charge < -0.3 is 15.0 Å². The van der Waals surface area contributed by atoms with Crippen LogP contribution < -0.4 is 5.32 Å². The highest BCUT2D eigenvalue weighted by Crippen LogP contribution is 2.21. The molecule has 130 valence electrons. The van der Waals surface area contributed by atoms with Crippen LogP contribution in [0.3, 0.4) is 0 Å². The van der Waals surface area contributed by atoms with Gasteiger partial charge in [0.1, 0.15) is 5.60 Å². The van der Waals surface area contributed by atoms with Crippen LogP contribution in [0.5, 0.6) is 0 Å². The zero-order valence-electron chi connectivity index (χ0n) is 14.7. The van der Waals surface area contributed by atoms with Crippen molar-refractivity contribution in [3.05, 3.63) is 18.0 Å². The summed E-state index contributed by atoms with van der Waals surface area (Å²) >= 11 is 0.